The summed E-state index contributed by atoms with van der Waals surface area (Å²) in [5.41, 5.74) is 0. The van der Waals surface area contributed by atoms with Crippen LogP contribution in [-0.2, 0) is 4.74 Å². The molecule has 0 bridgehead atoms. The van der Waals surface area contributed by atoms with Crippen molar-refractivity contribution in [3.05, 3.63) is 10.0 Å². The van der Waals surface area contributed by atoms with Crippen LogP contribution in [0, 0.1) is 0 Å². The predicted octanol–water partition coefficient (Wildman–Crippen LogP) is 3.16. The van der Waals surface area contributed by atoms with Crippen molar-refractivity contribution < 1.29 is 9.53 Å². The zero-order valence-corrected chi connectivity index (χ0v) is 13.3. The first-order valence-corrected chi connectivity index (χ1v) is 8.06. The van der Waals surface area contributed by atoms with Crippen molar-refractivity contribution in [2.75, 3.05) is 31.1 Å². The van der Waals surface area contributed by atoms with Gasteiger partial charge < -0.3 is 9.64 Å². The molecule has 0 saturated carbocycles. The number of methoxy groups -OCH3 is 1. The number of ether oxygens (including phenoxy) is 1. The van der Waals surface area contributed by atoms with E-state index in [9.17, 15) is 4.79 Å². The number of rotatable bonds is 6. The number of carbonyl (C=O) groups is 1. The summed E-state index contributed by atoms with van der Waals surface area (Å²) in [6.45, 7) is 2.13. The van der Waals surface area contributed by atoms with E-state index in [1.54, 1.807) is 0 Å². The van der Waals surface area contributed by atoms with Crippen molar-refractivity contribution in [3.8, 4) is 0 Å². The Kier molecular flexibility index (Phi) is 6.25. The molecule has 1 aromatic heterocycles. The van der Waals surface area contributed by atoms with Gasteiger partial charge in [0.15, 0.2) is 15.2 Å². The molecular formula is C11H17ClN2O2S2. The quantitative estimate of drug-likeness (QED) is 0.755. The third-order valence-corrected chi connectivity index (χ3v) is 4.80. The van der Waals surface area contributed by atoms with E-state index in [0.29, 0.717) is 10.9 Å². The van der Waals surface area contributed by atoms with E-state index in [-0.39, 0.29) is 5.15 Å². The Morgan fingerprint density at radius 2 is 2.33 bits per heavy atom. The van der Waals surface area contributed by atoms with Crippen molar-refractivity contribution >= 4 is 45.8 Å². The van der Waals surface area contributed by atoms with Gasteiger partial charge >= 0.3 is 5.97 Å². The smallest absolute Gasteiger partial charge is 0.351 e. The lowest BCUT2D eigenvalue weighted by atomic mass is 10.2. The molecule has 0 N–H and O–H groups in total. The summed E-state index contributed by atoms with van der Waals surface area (Å²) in [5, 5.41) is 0.958. The Morgan fingerprint density at radius 1 is 1.67 bits per heavy atom. The Morgan fingerprint density at radius 3 is 2.89 bits per heavy atom. The summed E-state index contributed by atoms with van der Waals surface area (Å²) in [6.07, 6.45) is 3.14. The van der Waals surface area contributed by atoms with Gasteiger partial charge in [0.1, 0.15) is 0 Å². The summed E-state index contributed by atoms with van der Waals surface area (Å²) in [6, 6.07) is 0.352. The van der Waals surface area contributed by atoms with Crippen LogP contribution >= 0.6 is 34.7 Å². The average molecular weight is 309 g/mol. The summed E-state index contributed by atoms with van der Waals surface area (Å²) in [7, 11) is 3.30. The largest absolute Gasteiger partial charge is 0.465 e. The Balaban J connectivity index is 2.80. The number of carbonyl (C=O) groups excluding carboxylic acids is 1. The summed E-state index contributed by atoms with van der Waals surface area (Å²) in [5.74, 6) is 0.656. The third-order valence-electron chi connectivity index (χ3n) is 2.65. The number of hydrogen-bond acceptors (Lipinski definition) is 6. The van der Waals surface area contributed by atoms with Crippen LogP contribution in [0.4, 0.5) is 5.13 Å². The molecular weight excluding hydrogens is 292 g/mol. The van der Waals surface area contributed by atoms with Gasteiger partial charge in [-0.2, -0.15) is 11.8 Å². The topological polar surface area (TPSA) is 42.4 Å². The SMILES string of the molecule is COC(=O)c1sc(N(C)C(C)CCSC)nc1Cl. The van der Waals surface area contributed by atoms with E-state index in [0.717, 1.165) is 17.3 Å². The molecule has 0 aromatic carbocycles. The van der Waals surface area contributed by atoms with Gasteiger partial charge in [0, 0.05) is 13.1 Å². The monoisotopic (exact) mass is 308 g/mol. The zero-order valence-electron chi connectivity index (χ0n) is 10.9. The van der Waals surface area contributed by atoms with Crippen LogP contribution in [0.25, 0.3) is 0 Å². The lowest BCUT2D eigenvalue weighted by molar-refractivity contribution is 0.0606. The fraction of sp³-hybridized carbons (Fsp3) is 0.636. The molecule has 0 aliphatic heterocycles. The fourth-order valence-electron chi connectivity index (χ4n) is 1.33. The predicted molar refractivity (Wildman–Crippen MR) is 79.3 cm³/mol. The van der Waals surface area contributed by atoms with Crippen molar-refractivity contribution in [2.24, 2.45) is 0 Å². The minimum atomic E-state index is -0.436. The van der Waals surface area contributed by atoms with Crippen LogP contribution in [0.3, 0.4) is 0 Å². The van der Waals surface area contributed by atoms with Gasteiger partial charge in [0.2, 0.25) is 0 Å². The summed E-state index contributed by atoms with van der Waals surface area (Å²) in [4.78, 5) is 18.1. The molecule has 1 atom stereocenters. The molecule has 0 spiro atoms. The lowest BCUT2D eigenvalue weighted by Gasteiger charge is -2.23. The molecule has 0 aliphatic rings. The van der Waals surface area contributed by atoms with Gasteiger partial charge in [0.05, 0.1) is 7.11 Å². The standard InChI is InChI=1S/C11H17ClN2O2S2/c1-7(5-6-17-4)14(2)11-13-9(12)8(18-11)10(15)16-3/h7H,5-6H2,1-4H3. The first-order chi connectivity index (χ1) is 8.51. The third kappa shape index (κ3) is 3.76. The molecule has 1 unspecified atom stereocenters. The zero-order chi connectivity index (χ0) is 13.7. The maximum atomic E-state index is 11.5. The number of aromatic nitrogens is 1. The molecule has 0 aliphatic carbocycles. The van der Waals surface area contributed by atoms with E-state index in [1.165, 1.54) is 18.4 Å². The highest BCUT2D eigenvalue weighted by Crippen LogP contribution is 2.30. The van der Waals surface area contributed by atoms with Gasteiger partial charge in [-0.25, -0.2) is 9.78 Å². The van der Waals surface area contributed by atoms with Gasteiger partial charge in [0.25, 0.3) is 0 Å². The second-order valence-corrected chi connectivity index (χ2v) is 6.17. The minimum Gasteiger partial charge on any atom is -0.465 e. The van der Waals surface area contributed by atoms with E-state index in [4.69, 9.17) is 11.6 Å². The number of thioether (sulfide) groups is 1. The maximum Gasteiger partial charge on any atom is 0.351 e. The first-order valence-electron chi connectivity index (χ1n) is 5.47. The molecule has 1 rings (SSSR count). The number of anilines is 1. The van der Waals surface area contributed by atoms with Crippen molar-refractivity contribution in [1.29, 1.82) is 0 Å². The van der Waals surface area contributed by atoms with Gasteiger partial charge in [-0.3, -0.25) is 0 Å². The average Bonchev–Trinajstić information content (AvgIpc) is 2.76. The molecule has 0 amide bonds. The van der Waals surface area contributed by atoms with Crippen molar-refractivity contribution in [3.63, 3.8) is 0 Å². The second kappa shape index (κ2) is 7.21. The minimum absolute atomic E-state index is 0.214. The first kappa shape index (κ1) is 15.6. The normalized spacial score (nSPS) is 12.3. The van der Waals surface area contributed by atoms with E-state index in [1.807, 2.05) is 23.7 Å². The molecule has 0 saturated heterocycles. The molecule has 18 heavy (non-hydrogen) atoms. The highest BCUT2D eigenvalue weighted by Gasteiger charge is 2.21. The van der Waals surface area contributed by atoms with Crippen LogP contribution < -0.4 is 4.90 Å². The molecule has 7 heteroatoms. The number of esters is 1. The van der Waals surface area contributed by atoms with E-state index >= 15 is 0 Å². The highest BCUT2D eigenvalue weighted by molar-refractivity contribution is 7.98. The van der Waals surface area contributed by atoms with Gasteiger partial charge in [-0.05, 0) is 25.4 Å². The Bertz CT molecular complexity index is 412. The van der Waals surface area contributed by atoms with Crippen LogP contribution in [-0.4, -0.2) is 43.2 Å². The molecule has 102 valence electrons. The fourth-order valence-corrected chi connectivity index (χ4v) is 3.17. The highest BCUT2D eigenvalue weighted by atomic mass is 35.5. The number of nitrogens with zero attached hydrogens (tertiary/aromatic N) is 2. The maximum absolute atomic E-state index is 11.5. The van der Waals surface area contributed by atoms with Crippen molar-refractivity contribution in [2.45, 2.75) is 19.4 Å². The van der Waals surface area contributed by atoms with Crippen LogP contribution in [0.2, 0.25) is 5.15 Å². The number of hydrogen-bond donors (Lipinski definition) is 0. The van der Waals surface area contributed by atoms with Gasteiger partial charge in [-0.1, -0.05) is 22.9 Å². The van der Waals surface area contributed by atoms with E-state index < -0.39 is 5.97 Å². The summed E-state index contributed by atoms with van der Waals surface area (Å²) >= 11 is 9.02. The van der Waals surface area contributed by atoms with Crippen LogP contribution in [0.5, 0.6) is 0 Å². The lowest BCUT2D eigenvalue weighted by Crippen LogP contribution is -2.29. The molecule has 1 heterocycles. The van der Waals surface area contributed by atoms with E-state index in [2.05, 4.69) is 22.9 Å². The van der Waals surface area contributed by atoms with Crippen LogP contribution in [0.15, 0.2) is 0 Å². The molecule has 4 nitrogen and oxygen atoms in total. The molecule has 1 aromatic rings. The molecule has 0 radical (unpaired) electrons. The van der Waals surface area contributed by atoms with Crippen LogP contribution in [0.1, 0.15) is 23.0 Å². The van der Waals surface area contributed by atoms with Gasteiger partial charge in [-0.15, -0.1) is 0 Å². The Hall–Kier alpha value is -0.460. The summed E-state index contributed by atoms with van der Waals surface area (Å²) < 4.78 is 4.66. The molecule has 0 fully saturated rings. The Labute approximate surface area is 121 Å². The second-order valence-electron chi connectivity index (χ2n) is 3.85. The van der Waals surface area contributed by atoms with Crippen molar-refractivity contribution in [1.82, 2.24) is 4.98 Å². The number of thiazole rings is 1. The number of halogens is 1.